The Morgan fingerprint density at radius 1 is 1.00 bits per heavy atom. The summed E-state index contributed by atoms with van der Waals surface area (Å²) in [6.07, 6.45) is 0.658. The summed E-state index contributed by atoms with van der Waals surface area (Å²) in [6.45, 7) is 7.85. The van der Waals surface area contributed by atoms with E-state index in [4.69, 9.17) is 14.6 Å². The molecule has 0 saturated carbocycles. The molecule has 0 atom stereocenters. The maximum Gasteiger partial charge on any atom is 0.518 e. The Kier molecular flexibility index (Phi) is 8.68. The topological polar surface area (TPSA) is 76.7 Å². The Bertz CT molecular complexity index is 778. The standard InChI is InChI=1S/C20H23NO5.HI/c1-13(2)15-8-7-9-16(14(3)4)18(15)26-20(24)25-12-21-11-6-5-10-17(21)19(22)23;/h5-11,13-14H,12H2,1-4H3;1H. The molecule has 0 fully saturated rings. The highest BCUT2D eigenvalue weighted by Gasteiger charge is 2.22. The van der Waals surface area contributed by atoms with Crippen LogP contribution in [0.2, 0.25) is 0 Å². The quantitative estimate of drug-likeness (QED) is 0.287. The Morgan fingerprint density at radius 2 is 1.59 bits per heavy atom. The number of ether oxygens (including phenoxy) is 2. The number of aromatic nitrogens is 1. The summed E-state index contributed by atoms with van der Waals surface area (Å²) in [7, 11) is 0. The van der Waals surface area contributed by atoms with Crippen molar-refractivity contribution < 1.29 is 52.7 Å². The van der Waals surface area contributed by atoms with Gasteiger partial charge in [0.15, 0.2) is 6.20 Å². The van der Waals surface area contributed by atoms with Gasteiger partial charge in [0.25, 0.3) is 12.4 Å². The van der Waals surface area contributed by atoms with Crippen molar-refractivity contribution in [3.05, 3.63) is 59.4 Å². The van der Waals surface area contributed by atoms with E-state index in [0.717, 1.165) is 11.1 Å². The SMILES string of the molecule is CC(C)c1cccc(C(C)C)c1OC(=O)OC[n+]1ccccc1C(=O)O.[I-]. The summed E-state index contributed by atoms with van der Waals surface area (Å²) < 4.78 is 12.0. The zero-order chi connectivity index (χ0) is 19.3. The van der Waals surface area contributed by atoms with E-state index in [1.165, 1.54) is 16.8 Å². The number of para-hydroxylation sites is 1. The van der Waals surface area contributed by atoms with E-state index in [9.17, 15) is 9.59 Å². The number of pyridine rings is 1. The molecule has 0 unspecified atom stereocenters. The predicted molar refractivity (Wildman–Crippen MR) is 95.3 cm³/mol. The van der Waals surface area contributed by atoms with Crippen LogP contribution < -0.4 is 33.3 Å². The van der Waals surface area contributed by atoms with Gasteiger partial charge in [0.05, 0.1) is 0 Å². The van der Waals surface area contributed by atoms with Crippen LogP contribution in [-0.2, 0) is 11.5 Å². The maximum atomic E-state index is 12.2. The predicted octanol–water partition coefficient (Wildman–Crippen LogP) is 1.10. The Balaban J connectivity index is 0.00000364. The van der Waals surface area contributed by atoms with E-state index in [1.54, 1.807) is 12.1 Å². The second-order valence-electron chi connectivity index (χ2n) is 6.56. The molecule has 2 aromatic rings. The Morgan fingerprint density at radius 3 is 2.11 bits per heavy atom. The van der Waals surface area contributed by atoms with Crippen molar-refractivity contribution >= 4 is 12.1 Å². The van der Waals surface area contributed by atoms with Crippen molar-refractivity contribution in [2.75, 3.05) is 0 Å². The molecule has 1 heterocycles. The number of benzene rings is 1. The molecule has 0 aliphatic carbocycles. The molecule has 0 aliphatic rings. The van der Waals surface area contributed by atoms with Gasteiger partial charge in [-0.1, -0.05) is 45.9 Å². The number of aromatic carboxylic acids is 1. The summed E-state index contributed by atoms with van der Waals surface area (Å²) >= 11 is 0. The third-order valence-electron chi connectivity index (χ3n) is 3.99. The first kappa shape index (κ1) is 22.9. The van der Waals surface area contributed by atoms with Crippen LogP contribution in [0.5, 0.6) is 5.75 Å². The van der Waals surface area contributed by atoms with Gasteiger partial charge >= 0.3 is 12.1 Å². The minimum absolute atomic E-state index is 0. The molecule has 1 N–H and O–H groups in total. The molecule has 6 nitrogen and oxygen atoms in total. The molecule has 27 heavy (non-hydrogen) atoms. The Labute approximate surface area is 176 Å². The Hall–Kier alpha value is -2.16. The molecule has 0 spiro atoms. The van der Waals surface area contributed by atoms with Gasteiger partial charge in [0, 0.05) is 12.1 Å². The smallest absolute Gasteiger partial charge is 0.518 e. The summed E-state index contributed by atoms with van der Waals surface area (Å²) in [4.78, 5) is 23.4. The van der Waals surface area contributed by atoms with Gasteiger partial charge in [-0.05, 0) is 29.0 Å². The van der Waals surface area contributed by atoms with Gasteiger partial charge < -0.3 is 38.6 Å². The monoisotopic (exact) mass is 485 g/mol. The van der Waals surface area contributed by atoms with Crippen LogP contribution in [0, 0.1) is 0 Å². The van der Waals surface area contributed by atoms with Crippen molar-refractivity contribution in [3.63, 3.8) is 0 Å². The minimum Gasteiger partial charge on any atom is -1.00 e. The minimum atomic E-state index is -1.10. The van der Waals surface area contributed by atoms with E-state index in [1.807, 2.05) is 45.9 Å². The number of carbonyl (C=O) groups excluding carboxylic acids is 1. The first-order valence-corrected chi connectivity index (χ1v) is 8.50. The van der Waals surface area contributed by atoms with E-state index in [0.29, 0.717) is 5.75 Å². The number of carboxylic acid groups (broad SMARTS) is 1. The molecule has 0 saturated heterocycles. The molecule has 0 amide bonds. The van der Waals surface area contributed by atoms with Gasteiger partial charge in [-0.25, -0.2) is 9.59 Å². The van der Waals surface area contributed by atoms with Crippen LogP contribution in [0.4, 0.5) is 4.79 Å². The lowest BCUT2D eigenvalue weighted by atomic mass is 9.94. The first-order chi connectivity index (χ1) is 12.3. The highest BCUT2D eigenvalue weighted by Crippen LogP contribution is 2.34. The second-order valence-corrected chi connectivity index (χ2v) is 6.56. The fraction of sp³-hybridized carbons (Fsp3) is 0.350. The molecule has 0 bridgehead atoms. The maximum absolute atomic E-state index is 12.2. The summed E-state index contributed by atoms with van der Waals surface area (Å²) in [5.74, 6) is -0.231. The second kappa shape index (κ2) is 10.2. The lowest BCUT2D eigenvalue weighted by Gasteiger charge is -2.18. The molecule has 0 radical (unpaired) electrons. The van der Waals surface area contributed by atoms with Crippen LogP contribution in [0.3, 0.4) is 0 Å². The van der Waals surface area contributed by atoms with Crippen molar-refractivity contribution in [3.8, 4) is 5.75 Å². The number of halogens is 1. The first-order valence-electron chi connectivity index (χ1n) is 8.50. The molecule has 1 aromatic heterocycles. The fourth-order valence-corrected chi connectivity index (χ4v) is 2.62. The van der Waals surface area contributed by atoms with Crippen molar-refractivity contribution in [1.82, 2.24) is 0 Å². The zero-order valence-corrected chi connectivity index (χ0v) is 18.0. The number of hydrogen-bond acceptors (Lipinski definition) is 4. The molecule has 2 rings (SSSR count). The molecular weight excluding hydrogens is 461 g/mol. The lowest BCUT2D eigenvalue weighted by molar-refractivity contribution is -0.729. The number of rotatable bonds is 6. The van der Waals surface area contributed by atoms with Crippen LogP contribution in [0.1, 0.15) is 61.1 Å². The number of carbonyl (C=O) groups is 2. The largest absolute Gasteiger partial charge is 1.00 e. The van der Waals surface area contributed by atoms with E-state index >= 15 is 0 Å². The highest BCUT2D eigenvalue weighted by atomic mass is 127. The fourth-order valence-electron chi connectivity index (χ4n) is 2.62. The van der Waals surface area contributed by atoms with Crippen LogP contribution >= 0.6 is 0 Å². The summed E-state index contributed by atoms with van der Waals surface area (Å²) in [6, 6.07) is 10.5. The van der Waals surface area contributed by atoms with Crippen molar-refractivity contribution in [1.29, 1.82) is 0 Å². The normalized spacial score (nSPS) is 10.4. The third kappa shape index (κ3) is 5.92. The van der Waals surface area contributed by atoms with Gasteiger partial charge in [-0.2, -0.15) is 4.57 Å². The molecular formula is C20H24INO5. The third-order valence-corrected chi connectivity index (χ3v) is 3.99. The van der Waals surface area contributed by atoms with Crippen LogP contribution in [0.25, 0.3) is 0 Å². The van der Waals surface area contributed by atoms with E-state index in [2.05, 4.69) is 0 Å². The van der Waals surface area contributed by atoms with Crippen LogP contribution in [0.15, 0.2) is 42.6 Å². The number of nitrogens with zero attached hydrogens (tertiary/aromatic N) is 1. The lowest BCUT2D eigenvalue weighted by Crippen LogP contribution is -3.00. The number of carboxylic acids is 1. The van der Waals surface area contributed by atoms with Crippen molar-refractivity contribution in [2.45, 2.75) is 46.3 Å². The van der Waals surface area contributed by atoms with Crippen molar-refractivity contribution in [2.24, 2.45) is 0 Å². The average Bonchev–Trinajstić information content (AvgIpc) is 2.59. The molecule has 1 aromatic carbocycles. The summed E-state index contributed by atoms with van der Waals surface area (Å²) in [5.41, 5.74) is 1.87. The van der Waals surface area contributed by atoms with E-state index < -0.39 is 12.1 Å². The van der Waals surface area contributed by atoms with Gasteiger partial charge in [-0.15, -0.1) is 0 Å². The molecule has 0 aliphatic heterocycles. The zero-order valence-electron chi connectivity index (χ0n) is 15.8. The van der Waals surface area contributed by atoms with E-state index in [-0.39, 0.29) is 48.2 Å². The number of hydrogen-bond donors (Lipinski definition) is 1. The van der Waals surface area contributed by atoms with Gasteiger partial charge in [0.1, 0.15) is 5.75 Å². The van der Waals surface area contributed by atoms with Gasteiger partial charge in [-0.3, -0.25) is 0 Å². The van der Waals surface area contributed by atoms with Gasteiger partial charge in [0.2, 0.25) is 0 Å². The average molecular weight is 485 g/mol. The molecule has 146 valence electrons. The molecule has 7 heteroatoms. The summed E-state index contributed by atoms with van der Waals surface area (Å²) in [5, 5.41) is 9.17. The highest BCUT2D eigenvalue weighted by molar-refractivity contribution is 5.83. The van der Waals surface area contributed by atoms with Crippen LogP contribution in [-0.4, -0.2) is 17.2 Å².